The van der Waals surface area contributed by atoms with Crippen molar-refractivity contribution in [2.45, 2.75) is 26.4 Å². The average Bonchev–Trinajstić information content (AvgIpc) is 2.37. The summed E-state index contributed by atoms with van der Waals surface area (Å²) in [4.78, 5) is 5.41. The van der Waals surface area contributed by atoms with E-state index in [1.54, 1.807) is 10.4 Å². The second-order valence-electron chi connectivity index (χ2n) is 3.33. The van der Waals surface area contributed by atoms with Crippen molar-refractivity contribution in [1.82, 2.24) is 4.90 Å². The van der Waals surface area contributed by atoms with Crippen molar-refractivity contribution in [3.8, 4) is 0 Å². The molecule has 1 atom stereocenters. The van der Waals surface area contributed by atoms with Crippen LogP contribution in [-0.4, -0.2) is 11.9 Å². The summed E-state index contributed by atoms with van der Waals surface area (Å²) in [7, 11) is 2.19. The van der Waals surface area contributed by atoms with E-state index in [-0.39, 0.29) is 0 Å². The molecule has 0 amide bonds. The summed E-state index contributed by atoms with van der Waals surface area (Å²) in [5, 5.41) is 0. The van der Waals surface area contributed by atoms with Crippen LogP contribution >= 0.6 is 11.3 Å². The Morgan fingerprint density at radius 3 is 3.00 bits per heavy atom. The first kappa shape index (κ1) is 7.32. The van der Waals surface area contributed by atoms with Gasteiger partial charge in [-0.1, -0.05) is 0 Å². The zero-order valence-electron chi connectivity index (χ0n) is 7.22. The summed E-state index contributed by atoms with van der Waals surface area (Å²) < 4.78 is 0. The van der Waals surface area contributed by atoms with Crippen molar-refractivity contribution in [3.05, 3.63) is 21.4 Å². The van der Waals surface area contributed by atoms with Gasteiger partial charge in [-0.25, -0.2) is 0 Å². The third-order valence-corrected chi connectivity index (χ3v) is 3.52. The molecular formula is C9H13NS. The smallest absolute Gasteiger partial charge is 0.0334 e. The highest BCUT2D eigenvalue weighted by molar-refractivity contribution is 7.12. The van der Waals surface area contributed by atoms with Crippen LogP contribution in [0.2, 0.25) is 0 Å². The highest BCUT2D eigenvalue weighted by atomic mass is 32.1. The minimum absolute atomic E-state index is 0.634. The van der Waals surface area contributed by atoms with Crippen LogP contribution in [0.1, 0.15) is 28.3 Å². The average molecular weight is 167 g/mol. The third-order valence-electron chi connectivity index (χ3n) is 2.47. The Kier molecular flexibility index (Phi) is 1.55. The Morgan fingerprint density at radius 2 is 2.36 bits per heavy atom. The second kappa shape index (κ2) is 2.32. The van der Waals surface area contributed by atoms with Crippen LogP contribution in [0.4, 0.5) is 0 Å². The molecular weight excluding hydrogens is 154 g/mol. The van der Waals surface area contributed by atoms with Gasteiger partial charge in [0.15, 0.2) is 0 Å². The first-order valence-corrected chi connectivity index (χ1v) is 4.79. The summed E-state index contributed by atoms with van der Waals surface area (Å²) in [6.45, 7) is 5.61. The normalized spacial score (nSPS) is 24.1. The molecule has 1 aliphatic heterocycles. The maximum absolute atomic E-state index is 2.39. The summed E-state index contributed by atoms with van der Waals surface area (Å²) >= 11 is 1.94. The molecule has 1 aliphatic rings. The van der Waals surface area contributed by atoms with E-state index in [1.807, 2.05) is 11.3 Å². The number of thiophene rings is 1. The van der Waals surface area contributed by atoms with Crippen LogP contribution in [-0.2, 0) is 6.54 Å². The van der Waals surface area contributed by atoms with E-state index in [0.29, 0.717) is 6.04 Å². The molecule has 0 bridgehead atoms. The molecule has 0 radical (unpaired) electrons. The number of aryl methyl sites for hydroxylation is 1. The van der Waals surface area contributed by atoms with Gasteiger partial charge >= 0.3 is 0 Å². The minimum atomic E-state index is 0.634. The molecule has 0 fully saturated rings. The summed E-state index contributed by atoms with van der Waals surface area (Å²) in [6, 6.07) is 2.96. The lowest BCUT2D eigenvalue weighted by Gasteiger charge is -2.14. The molecule has 0 aromatic carbocycles. The van der Waals surface area contributed by atoms with Gasteiger partial charge in [-0.05, 0) is 32.5 Å². The quantitative estimate of drug-likeness (QED) is 0.574. The number of fused-ring (bicyclic) bond motifs is 1. The topological polar surface area (TPSA) is 3.24 Å². The minimum Gasteiger partial charge on any atom is -0.295 e. The van der Waals surface area contributed by atoms with E-state index >= 15 is 0 Å². The van der Waals surface area contributed by atoms with Crippen molar-refractivity contribution in [2.24, 2.45) is 0 Å². The van der Waals surface area contributed by atoms with E-state index in [2.05, 4.69) is 31.9 Å². The summed E-state index contributed by atoms with van der Waals surface area (Å²) in [5.41, 5.74) is 1.55. The van der Waals surface area contributed by atoms with Gasteiger partial charge in [-0.3, -0.25) is 4.90 Å². The fraction of sp³-hybridized carbons (Fsp3) is 0.556. The van der Waals surface area contributed by atoms with Gasteiger partial charge in [0.25, 0.3) is 0 Å². The Bertz CT molecular complexity index is 277. The highest BCUT2D eigenvalue weighted by Gasteiger charge is 2.24. The maximum atomic E-state index is 2.39. The Morgan fingerprint density at radius 1 is 1.64 bits per heavy atom. The molecule has 1 unspecified atom stereocenters. The third kappa shape index (κ3) is 1.01. The van der Waals surface area contributed by atoms with Crippen LogP contribution in [0.15, 0.2) is 6.07 Å². The zero-order valence-corrected chi connectivity index (χ0v) is 8.03. The monoisotopic (exact) mass is 167 g/mol. The molecule has 2 rings (SSSR count). The van der Waals surface area contributed by atoms with Crippen molar-refractivity contribution >= 4 is 11.3 Å². The highest BCUT2D eigenvalue weighted by Crippen LogP contribution is 2.37. The van der Waals surface area contributed by atoms with E-state index in [0.717, 1.165) is 6.54 Å². The summed E-state index contributed by atoms with van der Waals surface area (Å²) in [5.74, 6) is 0. The molecule has 60 valence electrons. The molecule has 2 heteroatoms. The van der Waals surface area contributed by atoms with Crippen LogP contribution < -0.4 is 0 Å². The largest absolute Gasteiger partial charge is 0.295 e. The van der Waals surface area contributed by atoms with Gasteiger partial charge in [0.05, 0.1) is 0 Å². The standard InChI is InChI=1S/C9H13NS/c1-6-4-8-7(2)10(3)5-9(8)11-6/h4,7H,5H2,1-3H3. The van der Waals surface area contributed by atoms with Gasteiger partial charge in [0.2, 0.25) is 0 Å². The van der Waals surface area contributed by atoms with Crippen molar-refractivity contribution < 1.29 is 0 Å². The van der Waals surface area contributed by atoms with Gasteiger partial charge < -0.3 is 0 Å². The lowest BCUT2D eigenvalue weighted by Crippen LogP contribution is -2.13. The molecule has 0 saturated carbocycles. The summed E-state index contributed by atoms with van der Waals surface area (Å²) in [6.07, 6.45) is 0. The lowest BCUT2D eigenvalue weighted by molar-refractivity contribution is 0.287. The van der Waals surface area contributed by atoms with E-state index in [9.17, 15) is 0 Å². The molecule has 0 aliphatic carbocycles. The lowest BCUT2D eigenvalue weighted by atomic mass is 10.2. The molecule has 0 spiro atoms. The van der Waals surface area contributed by atoms with Gasteiger partial charge in [0.1, 0.15) is 0 Å². The van der Waals surface area contributed by atoms with Crippen LogP contribution in [0, 0.1) is 6.92 Å². The van der Waals surface area contributed by atoms with Crippen LogP contribution in [0.3, 0.4) is 0 Å². The second-order valence-corrected chi connectivity index (χ2v) is 4.67. The SMILES string of the molecule is Cc1cc2c(s1)CN(C)C2C. The number of hydrogen-bond donors (Lipinski definition) is 0. The first-order chi connectivity index (χ1) is 5.18. The predicted molar refractivity (Wildman–Crippen MR) is 48.9 cm³/mol. The van der Waals surface area contributed by atoms with Crippen molar-refractivity contribution in [2.75, 3.05) is 7.05 Å². The molecule has 0 saturated heterocycles. The number of hydrogen-bond acceptors (Lipinski definition) is 2. The molecule has 1 aromatic rings. The van der Waals surface area contributed by atoms with Crippen molar-refractivity contribution in [3.63, 3.8) is 0 Å². The fourth-order valence-electron chi connectivity index (χ4n) is 1.66. The Hall–Kier alpha value is -0.340. The van der Waals surface area contributed by atoms with E-state index in [1.165, 1.54) is 4.88 Å². The van der Waals surface area contributed by atoms with E-state index < -0.39 is 0 Å². The predicted octanol–water partition coefficient (Wildman–Crippen LogP) is 2.56. The van der Waals surface area contributed by atoms with Crippen LogP contribution in [0.25, 0.3) is 0 Å². The molecule has 0 N–H and O–H groups in total. The van der Waals surface area contributed by atoms with Gasteiger partial charge in [-0.2, -0.15) is 0 Å². The number of nitrogens with zero attached hydrogens (tertiary/aromatic N) is 1. The fourth-order valence-corrected chi connectivity index (χ4v) is 2.85. The molecule has 1 nitrogen and oxygen atoms in total. The molecule has 1 aromatic heterocycles. The Balaban J connectivity index is 2.44. The van der Waals surface area contributed by atoms with Crippen LogP contribution in [0.5, 0.6) is 0 Å². The molecule has 2 heterocycles. The Labute approximate surface area is 71.7 Å². The van der Waals surface area contributed by atoms with Gasteiger partial charge in [0, 0.05) is 22.3 Å². The maximum Gasteiger partial charge on any atom is 0.0334 e. The van der Waals surface area contributed by atoms with Gasteiger partial charge in [-0.15, -0.1) is 11.3 Å². The van der Waals surface area contributed by atoms with Crippen molar-refractivity contribution in [1.29, 1.82) is 0 Å². The van der Waals surface area contributed by atoms with E-state index in [4.69, 9.17) is 0 Å². The molecule has 11 heavy (non-hydrogen) atoms. The first-order valence-electron chi connectivity index (χ1n) is 3.98. The zero-order chi connectivity index (χ0) is 8.01. The number of rotatable bonds is 0.